The summed E-state index contributed by atoms with van der Waals surface area (Å²) >= 11 is 0. The summed E-state index contributed by atoms with van der Waals surface area (Å²) in [5.41, 5.74) is -2.86. The highest BCUT2D eigenvalue weighted by Gasteiger charge is 2.37. The molecule has 0 aliphatic rings. The zero-order valence-corrected chi connectivity index (χ0v) is 17.8. The second kappa shape index (κ2) is 9.74. The third-order valence-electron chi connectivity index (χ3n) is 5.09. The fourth-order valence-electron chi connectivity index (χ4n) is 3.49. The molecule has 0 bridgehead atoms. The monoisotopic (exact) mass is 483 g/mol. The first-order valence-electron chi connectivity index (χ1n) is 10.00. The molecular formula is C24H19F6NO3. The third-order valence-corrected chi connectivity index (χ3v) is 5.09. The van der Waals surface area contributed by atoms with Gasteiger partial charge in [0.1, 0.15) is 6.04 Å². The van der Waals surface area contributed by atoms with E-state index in [-0.39, 0.29) is 12.5 Å². The number of alkyl halides is 6. The Hall–Kier alpha value is -3.56. The standard InChI is InChI=1S/C24H19F6NO3/c1-34-22(33)20(11-14-6-7-16-4-2-3-5-17(16)8-14)31-21(32)12-15-9-18(23(25,26)27)13-19(10-15)24(28,29)30/h2-10,13,20H,11-12H2,1H3,(H,31,32)/t20-/m1/s1. The maximum Gasteiger partial charge on any atom is 0.416 e. The minimum atomic E-state index is -5.03. The number of ether oxygens (including phenoxy) is 1. The molecule has 1 amide bonds. The van der Waals surface area contributed by atoms with Crippen molar-refractivity contribution < 1.29 is 40.7 Å². The topological polar surface area (TPSA) is 55.4 Å². The van der Waals surface area contributed by atoms with Gasteiger partial charge in [-0.25, -0.2) is 4.79 Å². The van der Waals surface area contributed by atoms with Gasteiger partial charge in [-0.1, -0.05) is 42.5 Å². The molecule has 0 aliphatic heterocycles. The number of rotatable bonds is 6. The van der Waals surface area contributed by atoms with Gasteiger partial charge in [0.05, 0.1) is 24.7 Å². The molecule has 0 aromatic heterocycles. The fourth-order valence-corrected chi connectivity index (χ4v) is 3.49. The second-order valence-corrected chi connectivity index (χ2v) is 7.62. The van der Waals surface area contributed by atoms with E-state index in [9.17, 15) is 35.9 Å². The van der Waals surface area contributed by atoms with Crippen LogP contribution in [0.3, 0.4) is 0 Å². The normalized spacial score (nSPS) is 12.9. The molecule has 3 aromatic rings. The van der Waals surface area contributed by atoms with Crippen LogP contribution < -0.4 is 5.32 Å². The van der Waals surface area contributed by atoms with Gasteiger partial charge in [-0.2, -0.15) is 26.3 Å². The van der Waals surface area contributed by atoms with Gasteiger partial charge in [0, 0.05) is 6.42 Å². The van der Waals surface area contributed by atoms with E-state index in [4.69, 9.17) is 4.74 Å². The van der Waals surface area contributed by atoms with Gasteiger partial charge in [0.15, 0.2) is 0 Å². The molecule has 3 aromatic carbocycles. The van der Waals surface area contributed by atoms with Gasteiger partial charge in [0.25, 0.3) is 0 Å². The first-order chi connectivity index (χ1) is 15.9. The number of halogens is 6. The van der Waals surface area contributed by atoms with E-state index < -0.39 is 53.4 Å². The lowest BCUT2D eigenvalue weighted by Gasteiger charge is -2.18. The van der Waals surface area contributed by atoms with Crippen molar-refractivity contribution >= 4 is 22.6 Å². The summed E-state index contributed by atoms with van der Waals surface area (Å²) < 4.78 is 83.1. The van der Waals surface area contributed by atoms with Crippen LogP contribution in [0, 0.1) is 0 Å². The van der Waals surface area contributed by atoms with E-state index in [1.54, 1.807) is 12.1 Å². The van der Waals surface area contributed by atoms with Crippen molar-refractivity contribution in [3.05, 3.63) is 82.9 Å². The van der Waals surface area contributed by atoms with E-state index in [0.29, 0.717) is 17.7 Å². The Morgan fingerprint density at radius 2 is 1.41 bits per heavy atom. The van der Waals surface area contributed by atoms with Crippen LogP contribution in [-0.2, 0) is 39.5 Å². The van der Waals surface area contributed by atoms with Crippen molar-refractivity contribution in [2.24, 2.45) is 0 Å². The number of esters is 1. The third kappa shape index (κ3) is 6.27. The van der Waals surface area contributed by atoms with Crippen LogP contribution in [0.15, 0.2) is 60.7 Å². The predicted octanol–water partition coefficient (Wildman–Crippen LogP) is 5.32. The van der Waals surface area contributed by atoms with Crippen LogP contribution >= 0.6 is 0 Å². The highest BCUT2D eigenvalue weighted by atomic mass is 19.4. The van der Waals surface area contributed by atoms with Crippen LogP contribution in [0.4, 0.5) is 26.3 Å². The Morgan fingerprint density at radius 3 is 1.97 bits per heavy atom. The first kappa shape index (κ1) is 25.1. The lowest BCUT2D eigenvalue weighted by molar-refractivity contribution is -0.145. The molecule has 0 saturated carbocycles. The predicted molar refractivity (Wildman–Crippen MR) is 112 cm³/mol. The first-order valence-corrected chi connectivity index (χ1v) is 10.00. The largest absolute Gasteiger partial charge is 0.467 e. The summed E-state index contributed by atoms with van der Waals surface area (Å²) in [6.45, 7) is 0. The van der Waals surface area contributed by atoms with Gasteiger partial charge in [-0.05, 0) is 40.1 Å². The summed E-state index contributed by atoms with van der Waals surface area (Å²) in [5, 5.41) is 4.19. The van der Waals surface area contributed by atoms with Crippen LogP contribution in [0.2, 0.25) is 0 Å². The van der Waals surface area contributed by atoms with Gasteiger partial charge >= 0.3 is 18.3 Å². The molecule has 0 radical (unpaired) electrons. The van der Waals surface area contributed by atoms with E-state index in [1.165, 1.54) is 0 Å². The summed E-state index contributed by atoms with van der Waals surface area (Å²) in [6, 6.07) is 12.6. The molecule has 3 rings (SSSR count). The zero-order valence-electron chi connectivity index (χ0n) is 17.8. The van der Waals surface area contributed by atoms with Crippen molar-refractivity contribution in [3.8, 4) is 0 Å². The molecule has 0 fully saturated rings. The quantitative estimate of drug-likeness (QED) is 0.382. The highest BCUT2D eigenvalue weighted by molar-refractivity contribution is 5.86. The van der Waals surface area contributed by atoms with E-state index in [2.05, 4.69) is 5.32 Å². The highest BCUT2D eigenvalue weighted by Crippen LogP contribution is 2.36. The molecule has 180 valence electrons. The number of carbonyl (C=O) groups is 2. The molecule has 0 spiro atoms. The molecular weight excluding hydrogens is 464 g/mol. The van der Waals surface area contributed by atoms with Gasteiger partial charge in [0.2, 0.25) is 5.91 Å². The maximum absolute atomic E-state index is 13.1. The Labute approximate surface area is 190 Å². The molecule has 0 saturated heterocycles. The zero-order chi connectivity index (χ0) is 25.1. The van der Waals surface area contributed by atoms with Crippen LogP contribution in [0.1, 0.15) is 22.3 Å². The molecule has 4 nitrogen and oxygen atoms in total. The van der Waals surface area contributed by atoms with Crippen molar-refractivity contribution in [2.45, 2.75) is 31.2 Å². The Morgan fingerprint density at radius 1 is 0.824 bits per heavy atom. The number of hydrogen-bond acceptors (Lipinski definition) is 3. The summed E-state index contributed by atoms with van der Waals surface area (Å²) in [7, 11) is 1.10. The van der Waals surface area contributed by atoms with Crippen LogP contribution in [-0.4, -0.2) is 25.0 Å². The van der Waals surface area contributed by atoms with Crippen molar-refractivity contribution in [2.75, 3.05) is 7.11 Å². The van der Waals surface area contributed by atoms with Crippen LogP contribution in [0.25, 0.3) is 10.8 Å². The number of carbonyl (C=O) groups excluding carboxylic acids is 2. The van der Waals surface area contributed by atoms with Gasteiger partial charge in [-0.3, -0.25) is 4.79 Å². The number of fused-ring (bicyclic) bond motifs is 1. The smallest absolute Gasteiger partial charge is 0.416 e. The fraction of sp³-hybridized carbons (Fsp3) is 0.250. The van der Waals surface area contributed by atoms with E-state index in [0.717, 1.165) is 17.9 Å². The van der Waals surface area contributed by atoms with Crippen molar-refractivity contribution in [3.63, 3.8) is 0 Å². The minimum Gasteiger partial charge on any atom is -0.467 e. The molecule has 0 unspecified atom stereocenters. The Balaban J connectivity index is 1.81. The lowest BCUT2D eigenvalue weighted by atomic mass is 10.0. The molecule has 1 N–H and O–H groups in total. The average Bonchev–Trinajstić information content (AvgIpc) is 2.76. The molecule has 34 heavy (non-hydrogen) atoms. The van der Waals surface area contributed by atoms with Crippen molar-refractivity contribution in [1.29, 1.82) is 0 Å². The number of benzene rings is 3. The number of nitrogens with one attached hydrogen (secondary N) is 1. The van der Waals surface area contributed by atoms with Crippen LogP contribution in [0.5, 0.6) is 0 Å². The summed E-state index contributed by atoms with van der Waals surface area (Å²) in [4.78, 5) is 24.7. The Kier molecular flexibility index (Phi) is 7.18. The van der Waals surface area contributed by atoms with Crippen molar-refractivity contribution in [1.82, 2.24) is 5.32 Å². The summed E-state index contributed by atoms with van der Waals surface area (Å²) in [5.74, 6) is -1.73. The SMILES string of the molecule is COC(=O)[C@@H](Cc1ccc2ccccc2c1)NC(=O)Cc1cc(C(F)(F)F)cc(C(F)(F)F)c1. The van der Waals surface area contributed by atoms with Gasteiger partial charge < -0.3 is 10.1 Å². The average molecular weight is 483 g/mol. The molecule has 0 heterocycles. The number of amides is 1. The summed E-state index contributed by atoms with van der Waals surface area (Å²) in [6.07, 6.45) is -10.8. The molecule has 10 heteroatoms. The van der Waals surface area contributed by atoms with E-state index in [1.807, 2.05) is 30.3 Å². The Bertz CT molecular complexity index is 1170. The number of hydrogen-bond donors (Lipinski definition) is 1. The lowest BCUT2D eigenvalue weighted by Crippen LogP contribution is -2.43. The minimum absolute atomic E-state index is 0.0135. The maximum atomic E-state index is 13.1. The molecule has 1 atom stereocenters. The molecule has 0 aliphatic carbocycles. The number of methoxy groups -OCH3 is 1. The van der Waals surface area contributed by atoms with Gasteiger partial charge in [-0.15, -0.1) is 0 Å². The second-order valence-electron chi connectivity index (χ2n) is 7.62. The van der Waals surface area contributed by atoms with E-state index >= 15 is 0 Å².